The number of nitrogens with one attached hydrogen (secondary N) is 1. The molecule has 5 nitrogen and oxygen atoms in total. The third kappa shape index (κ3) is 2.95. The smallest absolute Gasteiger partial charge is 0.382 e. The van der Waals surface area contributed by atoms with Crippen LogP contribution in [0.2, 0.25) is 0 Å². The Morgan fingerprint density at radius 3 is 2.45 bits per heavy atom. The summed E-state index contributed by atoms with van der Waals surface area (Å²) in [5.74, 6) is 0.485. The number of alkyl halides is 3. The quantitative estimate of drug-likeness (QED) is 0.882. The van der Waals surface area contributed by atoms with Gasteiger partial charge in [-0.2, -0.15) is 18.4 Å². The van der Waals surface area contributed by atoms with Crippen molar-refractivity contribution in [1.82, 2.24) is 10.2 Å². The fourth-order valence-corrected chi connectivity index (χ4v) is 1.47. The lowest BCUT2D eigenvalue weighted by atomic mass is 10.1. The topological polar surface area (TPSA) is 87.6 Å². The zero-order valence-electron chi connectivity index (χ0n) is 9.94. The molecule has 102 valence electrons. The van der Waals surface area contributed by atoms with Crippen molar-refractivity contribution in [2.24, 2.45) is 0 Å². The highest BCUT2D eigenvalue weighted by molar-refractivity contribution is 5.65. The molecule has 0 saturated heterocycles. The van der Waals surface area contributed by atoms with Crippen LogP contribution < -0.4 is 11.1 Å². The van der Waals surface area contributed by atoms with Gasteiger partial charge >= 0.3 is 6.18 Å². The highest BCUT2D eigenvalue weighted by Gasteiger charge is 2.31. The Labute approximate surface area is 111 Å². The summed E-state index contributed by atoms with van der Waals surface area (Å²) in [7, 11) is 0. The number of nitrogen functional groups attached to an aromatic ring is 1. The fourth-order valence-electron chi connectivity index (χ4n) is 1.47. The van der Waals surface area contributed by atoms with Gasteiger partial charge in [0.2, 0.25) is 0 Å². The third-order valence-corrected chi connectivity index (χ3v) is 2.42. The Morgan fingerprint density at radius 2 is 1.90 bits per heavy atom. The Balaban J connectivity index is 2.33. The van der Waals surface area contributed by atoms with Crippen LogP contribution in [0.15, 0.2) is 30.3 Å². The highest BCUT2D eigenvalue weighted by atomic mass is 19.4. The normalized spacial score (nSPS) is 10.9. The monoisotopic (exact) mass is 279 g/mol. The molecule has 0 fully saturated rings. The molecule has 0 radical (unpaired) electrons. The summed E-state index contributed by atoms with van der Waals surface area (Å²) < 4.78 is 37.6. The summed E-state index contributed by atoms with van der Waals surface area (Å²) in [6.45, 7) is 0. The van der Waals surface area contributed by atoms with E-state index >= 15 is 0 Å². The fraction of sp³-hybridized carbons (Fsp3) is 0.0833. The molecule has 0 spiro atoms. The van der Waals surface area contributed by atoms with Crippen LogP contribution in [0.4, 0.5) is 30.5 Å². The minimum atomic E-state index is -4.49. The number of hydrogen-bond donors (Lipinski definition) is 2. The van der Waals surface area contributed by atoms with Crippen LogP contribution >= 0.6 is 0 Å². The number of nitriles is 1. The van der Waals surface area contributed by atoms with E-state index < -0.39 is 11.7 Å². The van der Waals surface area contributed by atoms with E-state index in [1.54, 1.807) is 6.07 Å². The summed E-state index contributed by atoms with van der Waals surface area (Å²) >= 11 is 0. The van der Waals surface area contributed by atoms with Crippen LogP contribution in [0, 0.1) is 11.3 Å². The van der Waals surface area contributed by atoms with Gasteiger partial charge in [-0.1, -0.05) is 0 Å². The number of anilines is 3. The summed E-state index contributed by atoms with van der Waals surface area (Å²) in [5, 5.41) is 18.9. The van der Waals surface area contributed by atoms with Crippen molar-refractivity contribution in [2.75, 3.05) is 11.1 Å². The number of nitrogens with two attached hydrogens (primary N) is 1. The van der Waals surface area contributed by atoms with Gasteiger partial charge in [-0.25, -0.2) is 0 Å². The van der Waals surface area contributed by atoms with Crippen LogP contribution in [-0.2, 0) is 6.18 Å². The number of hydrogen-bond acceptors (Lipinski definition) is 5. The van der Waals surface area contributed by atoms with Gasteiger partial charge in [0.25, 0.3) is 0 Å². The molecule has 0 unspecified atom stereocenters. The van der Waals surface area contributed by atoms with Gasteiger partial charge in [-0.05, 0) is 30.3 Å². The van der Waals surface area contributed by atoms with E-state index in [1.165, 1.54) is 18.2 Å². The molecule has 0 atom stereocenters. The van der Waals surface area contributed by atoms with Crippen molar-refractivity contribution >= 4 is 17.3 Å². The second kappa shape index (κ2) is 5.05. The summed E-state index contributed by atoms with van der Waals surface area (Å²) in [6.07, 6.45) is -4.49. The van der Waals surface area contributed by atoms with Crippen molar-refractivity contribution in [3.05, 3.63) is 41.5 Å². The van der Waals surface area contributed by atoms with Crippen molar-refractivity contribution < 1.29 is 13.2 Å². The van der Waals surface area contributed by atoms with E-state index in [2.05, 4.69) is 15.5 Å². The van der Waals surface area contributed by atoms with Crippen molar-refractivity contribution in [3.63, 3.8) is 0 Å². The van der Waals surface area contributed by atoms with Crippen molar-refractivity contribution in [1.29, 1.82) is 5.26 Å². The van der Waals surface area contributed by atoms with E-state index in [0.717, 1.165) is 12.1 Å². The lowest BCUT2D eigenvalue weighted by molar-refractivity contribution is -0.137. The van der Waals surface area contributed by atoms with Gasteiger partial charge in [0.1, 0.15) is 11.9 Å². The highest BCUT2D eigenvalue weighted by Crippen LogP contribution is 2.32. The zero-order chi connectivity index (χ0) is 14.8. The molecule has 8 heteroatoms. The molecule has 3 N–H and O–H groups in total. The zero-order valence-corrected chi connectivity index (χ0v) is 9.94. The first-order chi connectivity index (χ1) is 9.40. The van der Waals surface area contributed by atoms with Crippen molar-refractivity contribution in [2.45, 2.75) is 6.18 Å². The van der Waals surface area contributed by atoms with E-state index in [-0.39, 0.29) is 22.9 Å². The molecule has 2 aromatic rings. The van der Waals surface area contributed by atoms with Crippen LogP contribution in [0.1, 0.15) is 11.1 Å². The van der Waals surface area contributed by atoms with E-state index in [0.29, 0.717) is 0 Å². The molecule has 0 aliphatic rings. The number of halogens is 3. The predicted molar refractivity (Wildman–Crippen MR) is 65.9 cm³/mol. The molecule has 0 aliphatic carbocycles. The summed E-state index contributed by atoms with van der Waals surface area (Å²) in [4.78, 5) is 0. The van der Waals surface area contributed by atoms with Gasteiger partial charge in [0, 0.05) is 0 Å². The number of benzene rings is 1. The second-order valence-corrected chi connectivity index (χ2v) is 3.84. The molecule has 20 heavy (non-hydrogen) atoms. The maximum atomic E-state index is 12.5. The number of nitrogens with zero attached hydrogens (tertiary/aromatic N) is 3. The number of aromatic nitrogens is 2. The predicted octanol–water partition coefficient (Wildman–Crippen LogP) is 2.69. The first-order valence-corrected chi connectivity index (χ1v) is 5.38. The Bertz CT molecular complexity index is 658. The minimum absolute atomic E-state index is 0.140. The van der Waals surface area contributed by atoms with E-state index in [1.807, 2.05) is 0 Å². The number of rotatable bonds is 2. The summed E-state index contributed by atoms with van der Waals surface area (Å²) in [5.41, 5.74) is 4.55. The summed E-state index contributed by atoms with van der Waals surface area (Å²) in [6, 6.07) is 7.50. The van der Waals surface area contributed by atoms with Crippen LogP contribution in [-0.4, -0.2) is 10.2 Å². The van der Waals surface area contributed by atoms with Gasteiger partial charge in [0.15, 0.2) is 5.82 Å². The van der Waals surface area contributed by atoms with E-state index in [4.69, 9.17) is 11.0 Å². The molecule has 0 amide bonds. The van der Waals surface area contributed by atoms with E-state index in [9.17, 15) is 13.2 Å². The third-order valence-electron chi connectivity index (χ3n) is 2.42. The Kier molecular flexibility index (Phi) is 3.43. The van der Waals surface area contributed by atoms with Gasteiger partial charge in [-0.3, -0.25) is 0 Å². The molecule has 0 bridgehead atoms. The van der Waals surface area contributed by atoms with Crippen LogP contribution in [0.25, 0.3) is 0 Å². The van der Waals surface area contributed by atoms with Crippen LogP contribution in [0.5, 0.6) is 0 Å². The molecule has 1 heterocycles. The van der Waals surface area contributed by atoms with Gasteiger partial charge in [0.05, 0.1) is 16.8 Å². The minimum Gasteiger partial charge on any atom is -0.382 e. The van der Waals surface area contributed by atoms with Gasteiger partial charge < -0.3 is 11.1 Å². The Morgan fingerprint density at radius 1 is 1.15 bits per heavy atom. The lowest BCUT2D eigenvalue weighted by Gasteiger charge is -2.10. The molecular formula is C12H8F3N5. The molecule has 2 rings (SSSR count). The standard InChI is InChI=1S/C12H8F3N5/c13-12(14,15)8-1-2-9(7(5-8)6-16)18-11-4-3-10(17)19-20-11/h1-5H,(H2,17,19)(H,18,20). The van der Waals surface area contributed by atoms with Gasteiger partial charge in [-0.15, -0.1) is 10.2 Å². The van der Waals surface area contributed by atoms with Crippen LogP contribution in [0.3, 0.4) is 0 Å². The largest absolute Gasteiger partial charge is 0.416 e. The maximum Gasteiger partial charge on any atom is 0.416 e. The second-order valence-electron chi connectivity index (χ2n) is 3.84. The first-order valence-electron chi connectivity index (χ1n) is 5.38. The maximum absolute atomic E-state index is 12.5. The average Bonchev–Trinajstić information content (AvgIpc) is 2.40. The molecule has 0 aliphatic heterocycles. The average molecular weight is 279 g/mol. The van der Waals surface area contributed by atoms with Crippen molar-refractivity contribution in [3.8, 4) is 6.07 Å². The molecule has 0 saturated carbocycles. The first kappa shape index (κ1) is 13.6. The molecule has 1 aromatic carbocycles. The lowest BCUT2D eigenvalue weighted by Crippen LogP contribution is -2.06. The Hall–Kier alpha value is -2.82. The molecule has 1 aromatic heterocycles. The molecular weight excluding hydrogens is 271 g/mol. The SMILES string of the molecule is N#Cc1cc(C(F)(F)F)ccc1Nc1ccc(N)nn1.